The lowest BCUT2D eigenvalue weighted by molar-refractivity contribution is 0.373. The van der Waals surface area contributed by atoms with Crippen LogP contribution in [0.4, 0.5) is 0 Å². The van der Waals surface area contributed by atoms with Crippen LogP contribution in [-0.2, 0) is 0 Å². The third-order valence-electron chi connectivity index (χ3n) is 1.95. The topological polar surface area (TPSA) is 73.9 Å². The zero-order chi connectivity index (χ0) is 10.8. The lowest BCUT2D eigenvalue weighted by Crippen LogP contribution is -1.85. The van der Waals surface area contributed by atoms with E-state index < -0.39 is 0 Å². The van der Waals surface area contributed by atoms with Gasteiger partial charge in [-0.15, -0.1) is 0 Å². The summed E-state index contributed by atoms with van der Waals surface area (Å²) in [6, 6.07) is 5.00. The Hall–Kier alpha value is -1.82. The number of aromatic nitrogens is 3. The van der Waals surface area contributed by atoms with Gasteiger partial charge in [-0.3, -0.25) is 10.2 Å². The number of aromatic amines is 2. The first-order chi connectivity index (χ1) is 7.20. The van der Waals surface area contributed by atoms with Crippen LogP contribution in [0.1, 0.15) is 0 Å². The maximum absolute atomic E-state index is 9.56. The first kappa shape index (κ1) is 9.72. The van der Waals surface area contributed by atoms with Crippen molar-refractivity contribution in [2.24, 2.45) is 0 Å². The standard InChI is InChI=1S/C9H9N3O2S/c1-14-7-3-2-5(4-6(7)13)8-10-9(15)12-11-8/h2-4,13H,1H3,(H2,10,11,12,15). The van der Waals surface area contributed by atoms with Gasteiger partial charge in [-0.25, -0.2) is 0 Å². The first-order valence-electron chi connectivity index (χ1n) is 4.23. The number of phenols is 1. The van der Waals surface area contributed by atoms with E-state index in [9.17, 15) is 5.11 Å². The third kappa shape index (κ3) is 1.84. The Morgan fingerprint density at radius 1 is 1.40 bits per heavy atom. The van der Waals surface area contributed by atoms with Gasteiger partial charge in [0, 0.05) is 5.56 Å². The number of nitrogens with zero attached hydrogens (tertiary/aromatic N) is 1. The number of benzene rings is 1. The van der Waals surface area contributed by atoms with Crippen molar-refractivity contribution < 1.29 is 9.84 Å². The van der Waals surface area contributed by atoms with Crippen LogP contribution in [-0.4, -0.2) is 27.4 Å². The Balaban J connectivity index is 2.46. The number of H-pyrrole nitrogens is 2. The smallest absolute Gasteiger partial charge is 0.213 e. The molecule has 0 amide bonds. The van der Waals surface area contributed by atoms with Gasteiger partial charge in [0.1, 0.15) is 0 Å². The molecule has 0 radical (unpaired) electrons. The molecule has 6 heteroatoms. The molecule has 1 aromatic carbocycles. The summed E-state index contributed by atoms with van der Waals surface area (Å²) in [6.07, 6.45) is 0. The van der Waals surface area contributed by atoms with Crippen molar-refractivity contribution in [2.75, 3.05) is 7.11 Å². The quantitative estimate of drug-likeness (QED) is 0.679. The highest BCUT2D eigenvalue weighted by Gasteiger charge is 2.06. The fourth-order valence-electron chi connectivity index (χ4n) is 1.24. The van der Waals surface area contributed by atoms with E-state index in [0.29, 0.717) is 16.3 Å². The molecule has 1 heterocycles. The van der Waals surface area contributed by atoms with Gasteiger partial charge in [-0.05, 0) is 30.4 Å². The zero-order valence-electron chi connectivity index (χ0n) is 7.94. The van der Waals surface area contributed by atoms with Crippen LogP contribution >= 0.6 is 12.2 Å². The Morgan fingerprint density at radius 3 is 2.73 bits per heavy atom. The number of nitrogens with one attached hydrogen (secondary N) is 2. The molecule has 3 N–H and O–H groups in total. The van der Waals surface area contributed by atoms with Crippen molar-refractivity contribution in [3.63, 3.8) is 0 Å². The molecule has 0 aliphatic carbocycles. The molecule has 78 valence electrons. The number of phenolic OH excluding ortho intramolecular Hbond substituents is 1. The minimum absolute atomic E-state index is 0.0670. The lowest BCUT2D eigenvalue weighted by Gasteiger charge is -2.03. The van der Waals surface area contributed by atoms with Crippen LogP contribution in [0.3, 0.4) is 0 Å². The second kappa shape index (κ2) is 3.74. The Bertz CT molecular complexity index is 532. The summed E-state index contributed by atoms with van der Waals surface area (Å²) >= 11 is 4.83. The molecule has 2 aromatic rings. The molecule has 1 aromatic heterocycles. The van der Waals surface area contributed by atoms with Crippen LogP contribution in [0, 0.1) is 4.77 Å². The number of ether oxygens (including phenoxy) is 1. The van der Waals surface area contributed by atoms with E-state index in [1.165, 1.54) is 7.11 Å². The van der Waals surface area contributed by atoms with Gasteiger partial charge < -0.3 is 9.84 Å². The van der Waals surface area contributed by atoms with E-state index in [-0.39, 0.29) is 5.75 Å². The van der Waals surface area contributed by atoms with Gasteiger partial charge in [0.05, 0.1) is 7.11 Å². The summed E-state index contributed by atoms with van der Waals surface area (Å²) < 4.78 is 5.31. The van der Waals surface area contributed by atoms with E-state index in [0.717, 1.165) is 5.56 Å². The van der Waals surface area contributed by atoms with Crippen LogP contribution in [0.2, 0.25) is 0 Å². The summed E-state index contributed by atoms with van der Waals surface area (Å²) in [5, 5.41) is 15.0. The van der Waals surface area contributed by atoms with Crippen LogP contribution in [0.5, 0.6) is 11.5 Å². The molecule has 0 fully saturated rings. The van der Waals surface area contributed by atoms with Crippen molar-refractivity contribution in [1.82, 2.24) is 15.2 Å². The average Bonchev–Trinajstić information content (AvgIpc) is 2.65. The summed E-state index contributed by atoms with van der Waals surface area (Å²) in [4.78, 5) is 4.03. The highest BCUT2D eigenvalue weighted by Crippen LogP contribution is 2.29. The Kier molecular flexibility index (Phi) is 2.42. The van der Waals surface area contributed by atoms with Crippen molar-refractivity contribution in [3.05, 3.63) is 23.0 Å². The monoisotopic (exact) mass is 223 g/mol. The van der Waals surface area contributed by atoms with E-state index in [1.54, 1.807) is 18.2 Å². The van der Waals surface area contributed by atoms with Crippen molar-refractivity contribution in [2.45, 2.75) is 0 Å². The van der Waals surface area contributed by atoms with Crippen LogP contribution in [0.15, 0.2) is 18.2 Å². The maximum Gasteiger partial charge on any atom is 0.213 e. The number of aromatic hydroxyl groups is 1. The molecule has 15 heavy (non-hydrogen) atoms. The molecule has 0 aliphatic heterocycles. The molecule has 0 unspecified atom stereocenters. The summed E-state index contributed by atoms with van der Waals surface area (Å²) in [7, 11) is 1.50. The average molecular weight is 223 g/mol. The second-order valence-electron chi connectivity index (χ2n) is 2.90. The predicted molar refractivity (Wildman–Crippen MR) is 57.4 cm³/mol. The van der Waals surface area contributed by atoms with E-state index >= 15 is 0 Å². The number of hydrogen-bond donors (Lipinski definition) is 3. The fraction of sp³-hybridized carbons (Fsp3) is 0.111. The molecule has 0 saturated carbocycles. The molecular weight excluding hydrogens is 214 g/mol. The zero-order valence-corrected chi connectivity index (χ0v) is 8.76. The van der Waals surface area contributed by atoms with Gasteiger partial charge >= 0.3 is 0 Å². The van der Waals surface area contributed by atoms with Crippen LogP contribution < -0.4 is 4.74 Å². The van der Waals surface area contributed by atoms with Gasteiger partial charge in [0.2, 0.25) is 4.77 Å². The molecule has 5 nitrogen and oxygen atoms in total. The largest absolute Gasteiger partial charge is 0.504 e. The summed E-state index contributed by atoms with van der Waals surface area (Å²) in [6.45, 7) is 0. The second-order valence-corrected chi connectivity index (χ2v) is 3.29. The van der Waals surface area contributed by atoms with E-state index in [1.807, 2.05) is 0 Å². The summed E-state index contributed by atoms with van der Waals surface area (Å²) in [5.74, 6) is 1.07. The number of rotatable bonds is 2. The molecule has 2 rings (SSSR count). The molecule has 0 spiro atoms. The van der Waals surface area contributed by atoms with Gasteiger partial charge in [-0.1, -0.05) is 0 Å². The fourth-order valence-corrected chi connectivity index (χ4v) is 1.39. The van der Waals surface area contributed by atoms with Crippen molar-refractivity contribution >= 4 is 12.2 Å². The van der Waals surface area contributed by atoms with Crippen molar-refractivity contribution in [1.29, 1.82) is 0 Å². The molecule has 0 bridgehead atoms. The Labute approximate surface area is 90.7 Å². The number of hydrogen-bond acceptors (Lipinski definition) is 4. The predicted octanol–water partition coefficient (Wildman–Crippen LogP) is 1.85. The maximum atomic E-state index is 9.56. The molecular formula is C9H9N3O2S. The SMILES string of the molecule is COc1ccc(-c2nc(=S)[nH][nH]2)cc1O. The van der Waals surface area contributed by atoms with E-state index in [4.69, 9.17) is 17.0 Å². The minimum atomic E-state index is 0.0670. The molecule has 0 aliphatic rings. The highest BCUT2D eigenvalue weighted by atomic mass is 32.1. The first-order valence-corrected chi connectivity index (χ1v) is 4.63. The number of methoxy groups -OCH3 is 1. The lowest BCUT2D eigenvalue weighted by atomic mass is 10.2. The molecule has 0 saturated heterocycles. The highest BCUT2D eigenvalue weighted by molar-refractivity contribution is 7.71. The minimum Gasteiger partial charge on any atom is -0.504 e. The summed E-state index contributed by atoms with van der Waals surface area (Å²) in [5.41, 5.74) is 0.737. The van der Waals surface area contributed by atoms with Gasteiger partial charge in [-0.2, -0.15) is 4.98 Å². The van der Waals surface area contributed by atoms with Gasteiger partial charge in [0.15, 0.2) is 17.3 Å². The molecule has 0 atom stereocenters. The van der Waals surface area contributed by atoms with Crippen molar-refractivity contribution in [3.8, 4) is 22.9 Å². The van der Waals surface area contributed by atoms with E-state index in [2.05, 4.69) is 15.2 Å². The van der Waals surface area contributed by atoms with Gasteiger partial charge in [0.25, 0.3) is 0 Å². The normalized spacial score (nSPS) is 10.2. The Morgan fingerprint density at radius 2 is 2.20 bits per heavy atom. The third-order valence-corrected chi connectivity index (χ3v) is 2.15. The van der Waals surface area contributed by atoms with Crippen LogP contribution in [0.25, 0.3) is 11.4 Å².